The Morgan fingerprint density at radius 3 is 2.33 bits per heavy atom. The highest BCUT2D eigenvalue weighted by molar-refractivity contribution is 9.09. The van der Waals surface area contributed by atoms with Crippen LogP contribution in [0.4, 0.5) is 0 Å². The third-order valence-electron chi connectivity index (χ3n) is 11.8. The van der Waals surface area contributed by atoms with E-state index in [1.165, 1.54) is 44.1 Å². The molecule has 4 aliphatic rings. The number of fused-ring (bicyclic) bond motifs is 4. The maximum absolute atomic E-state index is 11.1. The molecule has 4 aliphatic carbocycles. The summed E-state index contributed by atoms with van der Waals surface area (Å²) in [5, 5.41) is 22.1. The molecular weight excluding hydrogens is 472 g/mol. The molecule has 2 unspecified atom stereocenters. The van der Waals surface area contributed by atoms with Gasteiger partial charge in [-0.1, -0.05) is 80.3 Å². The van der Waals surface area contributed by atoms with Gasteiger partial charge in [0, 0.05) is 5.41 Å². The van der Waals surface area contributed by atoms with Crippen molar-refractivity contribution in [3.8, 4) is 0 Å². The summed E-state index contributed by atoms with van der Waals surface area (Å²) in [5.41, 5.74) is 5.11. The molecule has 2 N–H and O–H groups in total. The molecule has 33 heavy (non-hydrogen) atoms. The van der Waals surface area contributed by atoms with Crippen LogP contribution in [0.2, 0.25) is 0 Å². The fraction of sp³-hybridized carbons (Fsp3) is 0.867. The summed E-state index contributed by atoms with van der Waals surface area (Å²) >= 11 is 3.72. The van der Waals surface area contributed by atoms with Crippen molar-refractivity contribution in [3.05, 3.63) is 22.8 Å². The summed E-state index contributed by atoms with van der Waals surface area (Å²) in [4.78, 5) is -0.291. The number of alkyl halides is 1. The van der Waals surface area contributed by atoms with Crippen molar-refractivity contribution in [1.82, 2.24) is 0 Å². The molecule has 0 aromatic carbocycles. The fourth-order valence-electron chi connectivity index (χ4n) is 9.50. The van der Waals surface area contributed by atoms with E-state index in [1.54, 1.807) is 11.1 Å². The number of allylic oxidation sites excluding steroid dienone is 4. The second-order valence-electron chi connectivity index (χ2n) is 13.8. The van der Waals surface area contributed by atoms with E-state index in [0.717, 1.165) is 31.1 Å². The largest absolute Gasteiger partial charge is 0.364 e. The van der Waals surface area contributed by atoms with Crippen LogP contribution in [0, 0.1) is 39.4 Å². The first-order valence-corrected chi connectivity index (χ1v) is 14.5. The van der Waals surface area contributed by atoms with Gasteiger partial charge < -0.3 is 10.2 Å². The lowest BCUT2D eigenvalue weighted by Gasteiger charge is -2.64. The summed E-state index contributed by atoms with van der Waals surface area (Å²) in [7, 11) is 0. The number of hydrogen-bond acceptors (Lipinski definition) is 2. The summed E-state index contributed by atoms with van der Waals surface area (Å²) in [6.45, 7) is 18.8. The molecule has 3 heteroatoms. The number of hydrogen-bond donors (Lipinski definition) is 2. The molecule has 2 nitrogen and oxygen atoms in total. The molecule has 4 rings (SSSR count). The van der Waals surface area contributed by atoms with E-state index in [-0.39, 0.29) is 10.2 Å². The summed E-state index contributed by atoms with van der Waals surface area (Å²) in [6.07, 6.45) is 13.2. The third-order valence-corrected chi connectivity index (χ3v) is 12.8. The van der Waals surface area contributed by atoms with Gasteiger partial charge in [0.1, 0.15) is 0 Å². The van der Waals surface area contributed by atoms with Gasteiger partial charge in [-0.15, -0.1) is 0 Å². The smallest absolute Gasteiger partial charge is 0.180 e. The van der Waals surface area contributed by atoms with E-state index in [1.807, 2.05) is 0 Å². The van der Waals surface area contributed by atoms with Crippen LogP contribution < -0.4 is 0 Å². The molecule has 2 saturated carbocycles. The molecule has 0 amide bonds. The predicted molar refractivity (Wildman–Crippen MR) is 142 cm³/mol. The summed E-state index contributed by atoms with van der Waals surface area (Å²) < 4.78 is 0. The average molecular weight is 522 g/mol. The van der Waals surface area contributed by atoms with E-state index in [9.17, 15) is 10.2 Å². The minimum atomic E-state index is -1.67. The molecule has 0 radical (unpaired) electrons. The van der Waals surface area contributed by atoms with Crippen molar-refractivity contribution in [2.45, 2.75) is 124 Å². The Morgan fingerprint density at radius 1 is 1.03 bits per heavy atom. The maximum atomic E-state index is 11.1. The summed E-state index contributed by atoms with van der Waals surface area (Å²) in [5.74, 6) is 0.218. The van der Waals surface area contributed by atoms with E-state index < -0.39 is 11.2 Å². The van der Waals surface area contributed by atoms with Gasteiger partial charge in [-0.25, -0.2) is 0 Å². The first-order valence-electron chi connectivity index (χ1n) is 13.6. The predicted octanol–water partition coefficient (Wildman–Crippen LogP) is 8.17. The number of halogens is 1. The zero-order chi connectivity index (χ0) is 24.6. The van der Waals surface area contributed by atoms with Gasteiger partial charge in [-0.2, -0.15) is 0 Å². The van der Waals surface area contributed by atoms with Crippen molar-refractivity contribution in [3.63, 3.8) is 0 Å². The molecule has 2 fully saturated rings. The highest BCUT2D eigenvalue weighted by Gasteiger charge is 2.67. The van der Waals surface area contributed by atoms with Crippen molar-refractivity contribution >= 4 is 15.9 Å². The normalized spacial score (nSPS) is 44.5. The van der Waals surface area contributed by atoms with Gasteiger partial charge in [0.25, 0.3) is 0 Å². The first-order chi connectivity index (χ1) is 15.1. The Hall–Kier alpha value is -0.120. The molecule has 0 heterocycles. The van der Waals surface area contributed by atoms with Gasteiger partial charge in [0.05, 0.1) is 4.83 Å². The fourth-order valence-corrected chi connectivity index (χ4v) is 10.8. The highest BCUT2D eigenvalue weighted by Crippen LogP contribution is 2.73. The first kappa shape index (κ1) is 26.0. The molecular formula is C30H49BrO2. The minimum absolute atomic E-state index is 0.0533. The molecule has 0 bridgehead atoms. The van der Waals surface area contributed by atoms with Gasteiger partial charge in [0.2, 0.25) is 0 Å². The Bertz CT molecular complexity index is 849. The van der Waals surface area contributed by atoms with Crippen LogP contribution in [0.15, 0.2) is 22.8 Å². The van der Waals surface area contributed by atoms with Crippen LogP contribution in [0.5, 0.6) is 0 Å². The lowest BCUT2D eigenvalue weighted by molar-refractivity contribution is -0.281. The Morgan fingerprint density at radius 2 is 1.70 bits per heavy atom. The third kappa shape index (κ3) is 3.52. The molecule has 0 spiro atoms. The monoisotopic (exact) mass is 520 g/mol. The van der Waals surface area contributed by atoms with Crippen LogP contribution in [-0.4, -0.2) is 20.8 Å². The minimum Gasteiger partial charge on any atom is -0.364 e. The molecule has 188 valence electrons. The Balaban J connectivity index is 1.68. The zero-order valence-corrected chi connectivity index (χ0v) is 24.1. The summed E-state index contributed by atoms with van der Waals surface area (Å²) in [6, 6.07) is 0. The van der Waals surface area contributed by atoms with Gasteiger partial charge in [0.15, 0.2) is 5.79 Å². The standard InChI is InChI=1S/C30H49BrO2/c1-19(2)10-9-11-20(3)21-14-16-29(8)23-12-13-24-26(4,5)30(32,33)25(31)18-27(24,6)22(23)15-17-28(21,29)7/h10,20-21,24-25,32-33H,9,11-18H2,1-8H3/t20-,21-,24?,25?,27-,28-,29+/m1/s1. The molecule has 0 aromatic rings. The molecule has 0 aliphatic heterocycles. The quantitative estimate of drug-likeness (QED) is 0.223. The van der Waals surface area contributed by atoms with Gasteiger partial charge in [-0.05, 0) is 106 Å². The van der Waals surface area contributed by atoms with Crippen LogP contribution in [0.1, 0.15) is 113 Å². The molecule has 0 aromatic heterocycles. The molecule has 0 saturated heterocycles. The van der Waals surface area contributed by atoms with Crippen LogP contribution >= 0.6 is 15.9 Å². The van der Waals surface area contributed by atoms with Crippen molar-refractivity contribution in [1.29, 1.82) is 0 Å². The second-order valence-corrected chi connectivity index (χ2v) is 14.9. The van der Waals surface area contributed by atoms with E-state index >= 15 is 0 Å². The van der Waals surface area contributed by atoms with Crippen LogP contribution in [0.25, 0.3) is 0 Å². The van der Waals surface area contributed by atoms with Crippen molar-refractivity contribution in [2.24, 2.45) is 39.4 Å². The average Bonchev–Trinajstić information content (AvgIpc) is 2.98. The Labute approximate surface area is 211 Å². The number of rotatable bonds is 4. The SMILES string of the molecule is CC(C)=CCC[C@@H](C)[C@H]1CC[C@@]2(C)C3=C(CC[C@]12C)[C@@]1(C)CC(Br)C(O)(O)C(C)(C)C1CC3. The second kappa shape index (κ2) is 8.20. The highest BCUT2D eigenvalue weighted by atomic mass is 79.9. The lowest BCUT2D eigenvalue weighted by atomic mass is 9.42. The van der Waals surface area contributed by atoms with Crippen LogP contribution in [0.3, 0.4) is 0 Å². The molecule has 7 atom stereocenters. The zero-order valence-electron chi connectivity index (χ0n) is 22.5. The topological polar surface area (TPSA) is 40.5 Å². The Kier molecular flexibility index (Phi) is 6.45. The van der Waals surface area contributed by atoms with Gasteiger partial charge in [-0.3, -0.25) is 0 Å². The van der Waals surface area contributed by atoms with E-state index in [0.29, 0.717) is 16.7 Å². The number of aliphatic hydroxyl groups is 2. The van der Waals surface area contributed by atoms with Crippen molar-refractivity contribution in [2.75, 3.05) is 0 Å². The van der Waals surface area contributed by atoms with Crippen LogP contribution in [-0.2, 0) is 0 Å². The van der Waals surface area contributed by atoms with E-state index in [2.05, 4.69) is 77.4 Å². The van der Waals surface area contributed by atoms with E-state index in [4.69, 9.17) is 0 Å². The van der Waals surface area contributed by atoms with Crippen molar-refractivity contribution < 1.29 is 10.2 Å². The lowest BCUT2D eigenvalue weighted by Crippen LogP contribution is -2.65. The maximum Gasteiger partial charge on any atom is 0.180 e. The van der Waals surface area contributed by atoms with Gasteiger partial charge >= 0.3 is 0 Å².